The molecule has 3 N–H and O–H groups in total. The van der Waals surface area contributed by atoms with E-state index in [1.807, 2.05) is 6.92 Å². The molecule has 14 heavy (non-hydrogen) atoms. The molecule has 0 aliphatic rings. The van der Waals surface area contributed by atoms with Crippen LogP contribution in [0.2, 0.25) is 0 Å². The van der Waals surface area contributed by atoms with Crippen molar-refractivity contribution in [3.05, 3.63) is 17.7 Å². The molecule has 1 heterocycles. The first-order valence-corrected chi connectivity index (χ1v) is 4.98. The minimum absolute atomic E-state index is 0.145. The van der Waals surface area contributed by atoms with Crippen molar-refractivity contribution in [2.75, 3.05) is 6.61 Å². The molecule has 1 atom stereocenters. The highest BCUT2D eigenvalue weighted by Crippen LogP contribution is 2.04. The Morgan fingerprint density at radius 1 is 1.57 bits per heavy atom. The Labute approximate surface area is 84.8 Å². The molecule has 80 valence electrons. The van der Waals surface area contributed by atoms with E-state index in [-0.39, 0.29) is 12.6 Å². The summed E-state index contributed by atoms with van der Waals surface area (Å²) in [5.74, 6) is 0.430. The first-order chi connectivity index (χ1) is 6.65. The molecular weight excluding hydrogens is 178 g/mol. The van der Waals surface area contributed by atoms with Gasteiger partial charge in [0.05, 0.1) is 18.6 Å². The second-order valence-corrected chi connectivity index (χ2v) is 3.89. The first-order valence-electron chi connectivity index (χ1n) is 4.98. The van der Waals surface area contributed by atoms with Gasteiger partial charge in [-0.25, -0.2) is 4.98 Å². The van der Waals surface area contributed by atoms with Gasteiger partial charge in [0.2, 0.25) is 0 Å². The summed E-state index contributed by atoms with van der Waals surface area (Å²) in [5.41, 5.74) is 2.10. The number of H-pyrrole nitrogens is 1. The van der Waals surface area contributed by atoms with Crippen LogP contribution in [0.5, 0.6) is 0 Å². The van der Waals surface area contributed by atoms with Crippen LogP contribution in [0.1, 0.15) is 25.2 Å². The fraction of sp³-hybridized carbons (Fsp3) is 0.700. The maximum Gasteiger partial charge on any atom is 0.0925 e. The summed E-state index contributed by atoms with van der Waals surface area (Å²) >= 11 is 0. The summed E-state index contributed by atoms with van der Waals surface area (Å²) in [5, 5.41) is 12.4. The summed E-state index contributed by atoms with van der Waals surface area (Å²) in [6, 6.07) is 0.145. The monoisotopic (exact) mass is 197 g/mol. The maximum atomic E-state index is 9.10. The number of aliphatic hydroxyl groups excluding tert-OH is 1. The first kappa shape index (κ1) is 11.2. The molecule has 0 bridgehead atoms. The average molecular weight is 197 g/mol. The van der Waals surface area contributed by atoms with Gasteiger partial charge in [-0.1, -0.05) is 13.8 Å². The van der Waals surface area contributed by atoms with Gasteiger partial charge in [-0.2, -0.15) is 0 Å². The Morgan fingerprint density at radius 3 is 2.71 bits per heavy atom. The number of nitrogens with zero attached hydrogens (tertiary/aromatic N) is 1. The predicted molar refractivity (Wildman–Crippen MR) is 55.9 cm³/mol. The third-order valence-corrected chi connectivity index (χ3v) is 2.47. The Balaban J connectivity index is 2.43. The van der Waals surface area contributed by atoms with Crippen molar-refractivity contribution in [2.24, 2.45) is 5.92 Å². The van der Waals surface area contributed by atoms with Crippen molar-refractivity contribution in [1.29, 1.82) is 0 Å². The third-order valence-electron chi connectivity index (χ3n) is 2.47. The van der Waals surface area contributed by atoms with Gasteiger partial charge in [-0.3, -0.25) is 0 Å². The largest absolute Gasteiger partial charge is 0.395 e. The molecule has 1 rings (SSSR count). The molecule has 1 aromatic rings. The predicted octanol–water partition coefficient (Wildman–Crippen LogP) is 0.825. The molecule has 0 radical (unpaired) electrons. The molecule has 1 aromatic heterocycles. The van der Waals surface area contributed by atoms with Crippen molar-refractivity contribution in [2.45, 2.75) is 33.4 Å². The molecule has 0 saturated heterocycles. The normalized spacial score (nSPS) is 13.5. The molecule has 0 aromatic carbocycles. The number of aliphatic hydroxyl groups is 1. The lowest BCUT2D eigenvalue weighted by atomic mass is 10.1. The smallest absolute Gasteiger partial charge is 0.0925 e. The van der Waals surface area contributed by atoms with Gasteiger partial charge in [-0.15, -0.1) is 0 Å². The van der Waals surface area contributed by atoms with Crippen LogP contribution < -0.4 is 5.32 Å². The lowest BCUT2D eigenvalue weighted by Gasteiger charge is -2.19. The molecule has 0 saturated carbocycles. The average Bonchev–Trinajstić information content (AvgIpc) is 2.52. The molecule has 0 fully saturated rings. The van der Waals surface area contributed by atoms with Gasteiger partial charge >= 0.3 is 0 Å². The van der Waals surface area contributed by atoms with Crippen LogP contribution in [-0.2, 0) is 6.54 Å². The SMILES string of the molecule is Cc1[nH]cnc1CNC(CO)C(C)C. The second-order valence-electron chi connectivity index (χ2n) is 3.89. The number of rotatable bonds is 5. The molecule has 4 nitrogen and oxygen atoms in total. The second kappa shape index (κ2) is 5.12. The highest BCUT2D eigenvalue weighted by Gasteiger charge is 2.11. The fourth-order valence-corrected chi connectivity index (χ4v) is 1.30. The van der Waals surface area contributed by atoms with Crippen LogP contribution in [0.15, 0.2) is 6.33 Å². The zero-order valence-corrected chi connectivity index (χ0v) is 9.04. The number of nitrogens with one attached hydrogen (secondary N) is 2. The quantitative estimate of drug-likeness (QED) is 0.655. The Kier molecular flexibility index (Phi) is 4.10. The van der Waals surface area contributed by atoms with Gasteiger partial charge in [0.25, 0.3) is 0 Å². The van der Waals surface area contributed by atoms with E-state index in [2.05, 4.69) is 29.1 Å². The standard InChI is InChI=1S/C10H19N3O/c1-7(2)10(5-14)11-4-9-8(3)12-6-13-9/h6-7,10-11,14H,4-5H2,1-3H3,(H,12,13). The van der Waals surface area contributed by atoms with Crippen LogP contribution >= 0.6 is 0 Å². The summed E-state index contributed by atoms with van der Waals surface area (Å²) < 4.78 is 0. The molecule has 0 aliphatic heterocycles. The number of aromatic nitrogens is 2. The lowest BCUT2D eigenvalue weighted by Crippen LogP contribution is -2.36. The van der Waals surface area contributed by atoms with Crippen molar-refractivity contribution in [3.63, 3.8) is 0 Å². The van der Waals surface area contributed by atoms with E-state index in [0.29, 0.717) is 12.5 Å². The van der Waals surface area contributed by atoms with Crippen LogP contribution in [0.4, 0.5) is 0 Å². The molecular formula is C10H19N3O. The Hall–Kier alpha value is -0.870. The number of aromatic amines is 1. The highest BCUT2D eigenvalue weighted by atomic mass is 16.3. The topological polar surface area (TPSA) is 60.9 Å². The van der Waals surface area contributed by atoms with Crippen molar-refractivity contribution < 1.29 is 5.11 Å². The van der Waals surface area contributed by atoms with Crippen molar-refractivity contribution >= 4 is 0 Å². The highest BCUT2D eigenvalue weighted by molar-refractivity contribution is 5.08. The van der Waals surface area contributed by atoms with E-state index in [0.717, 1.165) is 11.4 Å². The number of imidazole rings is 1. The number of aryl methyl sites for hydroxylation is 1. The zero-order valence-electron chi connectivity index (χ0n) is 9.04. The van der Waals surface area contributed by atoms with Gasteiger partial charge in [0.1, 0.15) is 0 Å². The van der Waals surface area contributed by atoms with Crippen LogP contribution in [0.3, 0.4) is 0 Å². The Bertz CT molecular complexity index is 270. The van der Waals surface area contributed by atoms with Crippen molar-refractivity contribution in [1.82, 2.24) is 15.3 Å². The molecule has 4 heteroatoms. The third kappa shape index (κ3) is 2.82. The fourth-order valence-electron chi connectivity index (χ4n) is 1.30. The van der Waals surface area contributed by atoms with E-state index < -0.39 is 0 Å². The zero-order chi connectivity index (χ0) is 10.6. The van der Waals surface area contributed by atoms with Gasteiger partial charge in [-0.05, 0) is 12.8 Å². The molecule has 0 aliphatic carbocycles. The number of hydrogen-bond donors (Lipinski definition) is 3. The summed E-state index contributed by atoms with van der Waals surface area (Å²) in [6.07, 6.45) is 1.69. The minimum Gasteiger partial charge on any atom is -0.395 e. The lowest BCUT2D eigenvalue weighted by molar-refractivity contribution is 0.209. The maximum absolute atomic E-state index is 9.10. The summed E-state index contributed by atoms with van der Waals surface area (Å²) in [4.78, 5) is 7.21. The Morgan fingerprint density at radius 2 is 2.29 bits per heavy atom. The van der Waals surface area contributed by atoms with E-state index in [9.17, 15) is 0 Å². The summed E-state index contributed by atoms with van der Waals surface area (Å²) in [6.45, 7) is 7.05. The van der Waals surface area contributed by atoms with Crippen LogP contribution in [-0.4, -0.2) is 27.7 Å². The van der Waals surface area contributed by atoms with E-state index in [4.69, 9.17) is 5.11 Å². The van der Waals surface area contributed by atoms with E-state index in [1.165, 1.54) is 0 Å². The molecule has 0 spiro atoms. The van der Waals surface area contributed by atoms with Gasteiger partial charge < -0.3 is 15.4 Å². The van der Waals surface area contributed by atoms with Gasteiger partial charge in [0, 0.05) is 18.3 Å². The minimum atomic E-state index is 0.145. The van der Waals surface area contributed by atoms with Gasteiger partial charge in [0.15, 0.2) is 0 Å². The van der Waals surface area contributed by atoms with Crippen LogP contribution in [0.25, 0.3) is 0 Å². The van der Waals surface area contributed by atoms with Crippen LogP contribution in [0, 0.1) is 12.8 Å². The van der Waals surface area contributed by atoms with Crippen molar-refractivity contribution in [3.8, 4) is 0 Å². The molecule has 1 unspecified atom stereocenters. The summed E-state index contributed by atoms with van der Waals surface area (Å²) in [7, 11) is 0. The number of hydrogen-bond acceptors (Lipinski definition) is 3. The van der Waals surface area contributed by atoms with E-state index >= 15 is 0 Å². The molecule has 0 amide bonds. The van der Waals surface area contributed by atoms with E-state index in [1.54, 1.807) is 6.33 Å².